The van der Waals surface area contributed by atoms with Crippen molar-refractivity contribution in [2.75, 3.05) is 6.54 Å². The van der Waals surface area contributed by atoms with E-state index in [-0.39, 0.29) is 11.9 Å². The molecule has 0 aromatic carbocycles. The van der Waals surface area contributed by atoms with Gasteiger partial charge < -0.3 is 21.4 Å². The first-order valence-electron chi connectivity index (χ1n) is 6.03. The fourth-order valence-electron chi connectivity index (χ4n) is 1.86. The second-order valence-electron chi connectivity index (χ2n) is 4.53. The monoisotopic (exact) mass is 250 g/mol. The van der Waals surface area contributed by atoms with Crippen LogP contribution in [0, 0.1) is 5.92 Å². The number of hydrogen-bond donors (Lipinski definition) is 4. The number of amidine groups is 1. The lowest BCUT2D eigenvalue weighted by atomic mass is 10.1. The third kappa shape index (κ3) is 3.18. The van der Waals surface area contributed by atoms with Crippen molar-refractivity contribution < 1.29 is 10.3 Å². The van der Waals surface area contributed by atoms with Crippen molar-refractivity contribution >= 4 is 5.84 Å². The SMILES string of the molecule is NC(=NO)c1ncccc1CNCC(O)C1CC1. The summed E-state index contributed by atoms with van der Waals surface area (Å²) in [5.41, 5.74) is 6.85. The molecule has 0 bridgehead atoms. The fourth-order valence-corrected chi connectivity index (χ4v) is 1.86. The third-order valence-electron chi connectivity index (χ3n) is 3.08. The Morgan fingerprint density at radius 2 is 2.39 bits per heavy atom. The van der Waals surface area contributed by atoms with Gasteiger partial charge in [-0.2, -0.15) is 0 Å². The standard InChI is InChI=1S/C12H18N4O2/c13-12(16-18)11-9(2-1-5-15-11)6-14-7-10(17)8-3-4-8/h1-2,5,8,10,14,17-18H,3-4,6-7H2,(H2,13,16). The maximum Gasteiger partial charge on any atom is 0.189 e. The summed E-state index contributed by atoms with van der Waals surface area (Å²) in [7, 11) is 0. The van der Waals surface area contributed by atoms with Gasteiger partial charge >= 0.3 is 0 Å². The summed E-state index contributed by atoms with van der Waals surface area (Å²) in [6.45, 7) is 1.08. The quantitative estimate of drug-likeness (QED) is 0.247. The van der Waals surface area contributed by atoms with E-state index in [0.717, 1.165) is 18.4 Å². The van der Waals surface area contributed by atoms with E-state index in [1.54, 1.807) is 12.3 Å². The Morgan fingerprint density at radius 1 is 1.61 bits per heavy atom. The molecular weight excluding hydrogens is 232 g/mol. The molecule has 18 heavy (non-hydrogen) atoms. The molecule has 1 aliphatic carbocycles. The molecule has 5 N–H and O–H groups in total. The van der Waals surface area contributed by atoms with Gasteiger partial charge in [0.1, 0.15) is 5.69 Å². The number of hydrogen-bond acceptors (Lipinski definition) is 5. The molecule has 6 heteroatoms. The summed E-state index contributed by atoms with van der Waals surface area (Å²) in [4.78, 5) is 4.08. The maximum atomic E-state index is 9.73. The molecule has 1 aromatic heterocycles. The fraction of sp³-hybridized carbons (Fsp3) is 0.500. The summed E-state index contributed by atoms with van der Waals surface area (Å²) in [6.07, 6.45) is 3.54. The first-order chi connectivity index (χ1) is 8.72. The molecule has 2 rings (SSSR count). The van der Waals surface area contributed by atoms with E-state index in [2.05, 4.69) is 15.5 Å². The second-order valence-corrected chi connectivity index (χ2v) is 4.53. The third-order valence-corrected chi connectivity index (χ3v) is 3.08. The van der Waals surface area contributed by atoms with Crippen molar-refractivity contribution in [1.82, 2.24) is 10.3 Å². The zero-order chi connectivity index (χ0) is 13.0. The molecule has 1 unspecified atom stereocenters. The van der Waals surface area contributed by atoms with Crippen molar-refractivity contribution in [2.24, 2.45) is 16.8 Å². The summed E-state index contributed by atoms with van der Waals surface area (Å²) < 4.78 is 0. The molecular formula is C12H18N4O2. The van der Waals surface area contributed by atoms with Crippen LogP contribution in [0.1, 0.15) is 24.1 Å². The van der Waals surface area contributed by atoms with E-state index in [1.165, 1.54) is 0 Å². The van der Waals surface area contributed by atoms with E-state index < -0.39 is 0 Å². The van der Waals surface area contributed by atoms with Crippen LogP contribution in [-0.2, 0) is 6.54 Å². The predicted octanol–water partition coefficient (Wildman–Crippen LogP) is 0.0366. The Kier molecular flexibility index (Phi) is 4.11. The van der Waals surface area contributed by atoms with E-state index in [1.807, 2.05) is 6.07 Å². The maximum absolute atomic E-state index is 9.73. The Morgan fingerprint density at radius 3 is 3.06 bits per heavy atom. The zero-order valence-corrected chi connectivity index (χ0v) is 10.1. The average molecular weight is 250 g/mol. The first-order valence-corrected chi connectivity index (χ1v) is 6.03. The van der Waals surface area contributed by atoms with Crippen LogP contribution < -0.4 is 11.1 Å². The molecule has 0 aliphatic heterocycles. The minimum Gasteiger partial charge on any atom is -0.409 e. The highest BCUT2D eigenvalue weighted by Gasteiger charge is 2.29. The molecule has 6 nitrogen and oxygen atoms in total. The number of rotatable bonds is 6. The summed E-state index contributed by atoms with van der Waals surface area (Å²) in [6, 6.07) is 3.65. The largest absolute Gasteiger partial charge is 0.409 e. The van der Waals surface area contributed by atoms with Crippen LogP contribution in [0.15, 0.2) is 23.5 Å². The van der Waals surface area contributed by atoms with E-state index in [0.29, 0.717) is 24.7 Å². The zero-order valence-electron chi connectivity index (χ0n) is 10.1. The Bertz CT molecular complexity index is 432. The van der Waals surface area contributed by atoms with Gasteiger partial charge in [-0.15, -0.1) is 0 Å². The van der Waals surface area contributed by atoms with E-state index >= 15 is 0 Å². The van der Waals surface area contributed by atoms with Gasteiger partial charge in [-0.3, -0.25) is 4.98 Å². The molecule has 0 spiro atoms. The highest BCUT2D eigenvalue weighted by atomic mass is 16.4. The summed E-state index contributed by atoms with van der Waals surface area (Å²) >= 11 is 0. The van der Waals surface area contributed by atoms with E-state index in [9.17, 15) is 5.11 Å². The highest BCUT2D eigenvalue weighted by molar-refractivity contribution is 5.96. The van der Waals surface area contributed by atoms with Crippen LogP contribution in [0.4, 0.5) is 0 Å². The van der Waals surface area contributed by atoms with Crippen LogP contribution in [0.25, 0.3) is 0 Å². The van der Waals surface area contributed by atoms with Gasteiger partial charge in [0.2, 0.25) is 0 Å². The molecule has 1 aliphatic rings. The van der Waals surface area contributed by atoms with Crippen molar-refractivity contribution in [1.29, 1.82) is 0 Å². The lowest BCUT2D eigenvalue weighted by Crippen LogP contribution is -2.29. The molecule has 1 heterocycles. The van der Waals surface area contributed by atoms with Gasteiger partial charge in [-0.05, 0) is 30.4 Å². The van der Waals surface area contributed by atoms with E-state index in [4.69, 9.17) is 10.9 Å². The van der Waals surface area contributed by atoms with Crippen molar-refractivity contribution in [3.63, 3.8) is 0 Å². The lowest BCUT2D eigenvalue weighted by molar-refractivity contribution is 0.148. The van der Waals surface area contributed by atoms with Gasteiger partial charge in [0, 0.05) is 19.3 Å². The molecule has 1 aromatic rings. The molecule has 1 saturated carbocycles. The van der Waals surface area contributed by atoms with Gasteiger partial charge in [-0.1, -0.05) is 11.2 Å². The Balaban J connectivity index is 1.91. The topological polar surface area (TPSA) is 104 Å². The number of aromatic nitrogens is 1. The molecule has 0 saturated heterocycles. The van der Waals surface area contributed by atoms with Crippen LogP contribution in [0.3, 0.4) is 0 Å². The summed E-state index contributed by atoms with van der Waals surface area (Å²) in [5.74, 6) is 0.449. The van der Waals surface area contributed by atoms with Crippen molar-refractivity contribution in [2.45, 2.75) is 25.5 Å². The number of aliphatic hydroxyl groups is 1. The number of aliphatic hydroxyl groups excluding tert-OH is 1. The van der Waals surface area contributed by atoms with Gasteiger partial charge in [0.25, 0.3) is 0 Å². The number of nitrogens with zero attached hydrogens (tertiary/aromatic N) is 2. The lowest BCUT2D eigenvalue weighted by Gasteiger charge is -2.12. The van der Waals surface area contributed by atoms with Crippen LogP contribution in [0.2, 0.25) is 0 Å². The minimum absolute atomic E-state index is 0.00450. The van der Waals surface area contributed by atoms with Crippen molar-refractivity contribution in [3.05, 3.63) is 29.6 Å². The van der Waals surface area contributed by atoms with Crippen LogP contribution >= 0.6 is 0 Å². The number of nitrogens with one attached hydrogen (secondary N) is 1. The number of nitrogens with two attached hydrogens (primary N) is 1. The highest BCUT2D eigenvalue weighted by Crippen LogP contribution is 2.32. The van der Waals surface area contributed by atoms with Gasteiger partial charge in [0.05, 0.1) is 6.10 Å². The van der Waals surface area contributed by atoms with Crippen LogP contribution in [-0.4, -0.2) is 33.8 Å². The van der Waals surface area contributed by atoms with Crippen molar-refractivity contribution in [3.8, 4) is 0 Å². The Hall–Kier alpha value is -1.66. The summed E-state index contributed by atoms with van der Waals surface area (Å²) in [5, 5.41) is 24.5. The smallest absolute Gasteiger partial charge is 0.189 e. The molecule has 1 fully saturated rings. The van der Waals surface area contributed by atoms with Gasteiger partial charge in [0.15, 0.2) is 5.84 Å². The number of pyridine rings is 1. The normalized spacial score (nSPS) is 17.7. The first kappa shape index (κ1) is 12.8. The average Bonchev–Trinajstić information content (AvgIpc) is 3.22. The predicted molar refractivity (Wildman–Crippen MR) is 67.2 cm³/mol. The molecule has 0 amide bonds. The minimum atomic E-state index is -0.283. The number of oxime groups is 1. The van der Waals surface area contributed by atoms with Crippen LogP contribution in [0.5, 0.6) is 0 Å². The Labute approximate surface area is 106 Å². The van der Waals surface area contributed by atoms with Gasteiger partial charge in [-0.25, -0.2) is 0 Å². The molecule has 98 valence electrons. The molecule has 1 atom stereocenters. The second kappa shape index (κ2) is 5.79. The molecule has 0 radical (unpaired) electrons.